The number of ether oxygens (including phenoxy) is 2. The number of hydrogen-bond donors (Lipinski definition) is 0. The van der Waals surface area contributed by atoms with Crippen LogP contribution in [-0.4, -0.2) is 37.2 Å². The van der Waals surface area contributed by atoms with Crippen LogP contribution in [0.4, 0.5) is 4.79 Å². The predicted octanol–water partition coefficient (Wildman–Crippen LogP) is 3.38. The van der Waals surface area contributed by atoms with Crippen LogP contribution in [0.5, 0.6) is 0 Å². The Balaban J connectivity index is 1.63. The molecule has 1 aromatic carbocycles. The van der Waals surface area contributed by atoms with E-state index in [1.54, 1.807) is 4.90 Å². The second-order valence-corrected chi connectivity index (χ2v) is 5.94. The lowest BCUT2D eigenvalue weighted by atomic mass is 9.92. The van der Waals surface area contributed by atoms with E-state index in [-0.39, 0.29) is 12.1 Å². The Morgan fingerprint density at radius 1 is 1.17 bits per heavy atom. The highest BCUT2D eigenvalue weighted by molar-refractivity contribution is 5.69. The molecule has 23 heavy (non-hydrogen) atoms. The minimum absolute atomic E-state index is 0.146. The van der Waals surface area contributed by atoms with Crippen molar-refractivity contribution in [2.24, 2.45) is 5.92 Å². The van der Waals surface area contributed by atoms with Gasteiger partial charge in [0.05, 0.1) is 7.11 Å². The Bertz CT molecular complexity index is 495. The fourth-order valence-corrected chi connectivity index (χ4v) is 2.85. The molecule has 0 bridgehead atoms. The number of likely N-dealkylation sites (tertiary alicyclic amines) is 1. The zero-order valence-corrected chi connectivity index (χ0v) is 13.7. The van der Waals surface area contributed by atoms with Gasteiger partial charge in [0.25, 0.3) is 0 Å². The van der Waals surface area contributed by atoms with E-state index in [0.29, 0.717) is 18.9 Å². The lowest BCUT2D eigenvalue weighted by Crippen LogP contribution is -2.38. The third-order valence-electron chi connectivity index (χ3n) is 4.30. The molecular formula is C18H25NO4. The highest BCUT2D eigenvalue weighted by Crippen LogP contribution is 2.23. The van der Waals surface area contributed by atoms with E-state index in [2.05, 4.69) is 4.74 Å². The van der Waals surface area contributed by atoms with E-state index < -0.39 is 0 Å². The first-order valence-electron chi connectivity index (χ1n) is 8.21. The van der Waals surface area contributed by atoms with Gasteiger partial charge in [-0.3, -0.25) is 4.79 Å². The summed E-state index contributed by atoms with van der Waals surface area (Å²) >= 11 is 0. The van der Waals surface area contributed by atoms with Crippen molar-refractivity contribution >= 4 is 12.1 Å². The van der Waals surface area contributed by atoms with Crippen LogP contribution >= 0.6 is 0 Å². The van der Waals surface area contributed by atoms with Crippen LogP contribution in [-0.2, 0) is 20.9 Å². The average Bonchev–Trinajstić information content (AvgIpc) is 2.61. The summed E-state index contributed by atoms with van der Waals surface area (Å²) in [5, 5.41) is 0. The fourth-order valence-electron chi connectivity index (χ4n) is 2.85. The topological polar surface area (TPSA) is 55.8 Å². The predicted molar refractivity (Wildman–Crippen MR) is 86.8 cm³/mol. The van der Waals surface area contributed by atoms with Gasteiger partial charge in [-0.25, -0.2) is 4.79 Å². The van der Waals surface area contributed by atoms with Gasteiger partial charge in [0.15, 0.2) is 0 Å². The molecule has 0 aromatic heterocycles. The minimum atomic E-state index is -0.234. The highest BCUT2D eigenvalue weighted by Gasteiger charge is 2.23. The summed E-state index contributed by atoms with van der Waals surface area (Å²) in [5.41, 5.74) is 0.999. The fraction of sp³-hybridized carbons (Fsp3) is 0.556. The van der Waals surface area contributed by atoms with Crippen LogP contribution in [0.15, 0.2) is 30.3 Å². The largest absolute Gasteiger partial charge is 0.469 e. The molecule has 0 atom stereocenters. The summed E-state index contributed by atoms with van der Waals surface area (Å²) in [6.07, 6.45) is 4.07. The lowest BCUT2D eigenvalue weighted by Gasteiger charge is -2.31. The van der Waals surface area contributed by atoms with Gasteiger partial charge in [0.2, 0.25) is 0 Å². The second-order valence-electron chi connectivity index (χ2n) is 5.94. The number of carbonyl (C=O) groups is 2. The molecule has 126 valence electrons. The molecule has 1 aliphatic heterocycles. The maximum absolute atomic E-state index is 12.1. The standard InChI is InChI=1S/C18H25NO4/c1-22-17(20)9-5-8-15-10-12-19(13-11-15)18(21)23-14-16-6-3-2-4-7-16/h2-4,6-7,15H,5,8-14H2,1H3. The van der Waals surface area contributed by atoms with E-state index in [1.165, 1.54) is 7.11 Å². The number of carbonyl (C=O) groups excluding carboxylic acids is 2. The molecule has 1 saturated heterocycles. The van der Waals surface area contributed by atoms with Gasteiger partial charge in [-0.05, 0) is 37.2 Å². The normalized spacial score (nSPS) is 15.3. The molecule has 5 heteroatoms. The molecule has 2 rings (SSSR count). The maximum Gasteiger partial charge on any atom is 0.410 e. The van der Waals surface area contributed by atoms with Crippen LogP contribution in [0.2, 0.25) is 0 Å². The van der Waals surface area contributed by atoms with Crippen molar-refractivity contribution in [3.8, 4) is 0 Å². The van der Waals surface area contributed by atoms with Crippen LogP contribution in [0.1, 0.15) is 37.7 Å². The summed E-state index contributed by atoms with van der Waals surface area (Å²) in [5.74, 6) is 0.435. The van der Waals surface area contributed by atoms with Gasteiger partial charge < -0.3 is 14.4 Å². The van der Waals surface area contributed by atoms with Crippen LogP contribution in [0, 0.1) is 5.92 Å². The van der Waals surface area contributed by atoms with Gasteiger partial charge in [-0.2, -0.15) is 0 Å². The Morgan fingerprint density at radius 2 is 1.87 bits per heavy atom. The van der Waals surface area contributed by atoms with Crippen molar-refractivity contribution in [2.75, 3.05) is 20.2 Å². The first kappa shape index (κ1) is 17.3. The quantitative estimate of drug-likeness (QED) is 0.754. The minimum Gasteiger partial charge on any atom is -0.469 e. The SMILES string of the molecule is COC(=O)CCCC1CCN(C(=O)OCc2ccccc2)CC1. The number of nitrogens with zero attached hydrogens (tertiary/aromatic N) is 1. The molecule has 0 aliphatic carbocycles. The van der Waals surface area contributed by atoms with Gasteiger partial charge >= 0.3 is 12.1 Å². The summed E-state index contributed by atoms with van der Waals surface area (Å²) in [4.78, 5) is 24.9. The number of hydrogen-bond acceptors (Lipinski definition) is 4. The van der Waals surface area contributed by atoms with Gasteiger partial charge in [0, 0.05) is 19.5 Å². The van der Waals surface area contributed by atoms with E-state index in [4.69, 9.17) is 4.74 Å². The first-order chi connectivity index (χ1) is 11.2. The summed E-state index contributed by atoms with van der Waals surface area (Å²) in [6.45, 7) is 1.78. The Morgan fingerprint density at radius 3 is 2.52 bits per heavy atom. The summed E-state index contributed by atoms with van der Waals surface area (Å²) < 4.78 is 10.00. The Kier molecular flexibility index (Phi) is 6.91. The van der Waals surface area contributed by atoms with E-state index in [1.807, 2.05) is 30.3 Å². The van der Waals surface area contributed by atoms with Crippen molar-refractivity contribution in [1.82, 2.24) is 4.90 Å². The number of benzene rings is 1. The maximum atomic E-state index is 12.1. The number of esters is 1. The van der Waals surface area contributed by atoms with E-state index >= 15 is 0 Å². The zero-order valence-electron chi connectivity index (χ0n) is 13.7. The molecule has 1 heterocycles. The molecule has 0 radical (unpaired) electrons. The molecule has 5 nitrogen and oxygen atoms in total. The van der Waals surface area contributed by atoms with Crippen molar-refractivity contribution in [3.05, 3.63) is 35.9 Å². The van der Waals surface area contributed by atoms with Gasteiger partial charge in [-0.1, -0.05) is 30.3 Å². The third-order valence-corrected chi connectivity index (χ3v) is 4.30. The van der Waals surface area contributed by atoms with Gasteiger partial charge in [0.1, 0.15) is 6.61 Å². The zero-order chi connectivity index (χ0) is 16.5. The van der Waals surface area contributed by atoms with Crippen molar-refractivity contribution in [1.29, 1.82) is 0 Å². The molecule has 0 unspecified atom stereocenters. The summed E-state index contributed by atoms with van der Waals surface area (Å²) in [6, 6.07) is 9.70. The molecule has 1 amide bonds. The average molecular weight is 319 g/mol. The third kappa shape index (κ3) is 5.93. The molecule has 0 N–H and O–H groups in total. The Labute approximate surface area is 137 Å². The van der Waals surface area contributed by atoms with Crippen molar-refractivity contribution in [2.45, 2.75) is 38.7 Å². The van der Waals surface area contributed by atoms with Crippen molar-refractivity contribution < 1.29 is 19.1 Å². The number of rotatable bonds is 6. The monoisotopic (exact) mass is 319 g/mol. The molecule has 0 spiro atoms. The number of methoxy groups -OCH3 is 1. The number of piperidine rings is 1. The second kappa shape index (κ2) is 9.18. The molecule has 1 fully saturated rings. The van der Waals surface area contributed by atoms with Crippen LogP contribution in [0.25, 0.3) is 0 Å². The summed E-state index contributed by atoms with van der Waals surface area (Å²) in [7, 11) is 1.42. The lowest BCUT2D eigenvalue weighted by molar-refractivity contribution is -0.140. The molecule has 1 aromatic rings. The first-order valence-corrected chi connectivity index (χ1v) is 8.21. The smallest absolute Gasteiger partial charge is 0.410 e. The van der Waals surface area contributed by atoms with E-state index in [0.717, 1.165) is 44.3 Å². The molecular weight excluding hydrogens is 294 g/mol. The highest BCUT2D eigenvalue weighted by atomic mass is 16.6. The molecule has 0 saturated carbocycles. The van der Waals surface area contributed by atoms with Gasteiger partial charge in [-0.15, -0.1) is 0 Å². The van der Waals surface area contributed by atoms with Crippen molar-refractivity contribution in [3.63, 3.8) is 0 Å². The van der Waals surface area contributed by atoms with E-state index in [9.17, 15) is 9.59 Å². The van der Waals surface area contributed by atoms with Crippen LogP contribution in [0.3, 0.4) is 0 Å². The molecule has 1 aliphatic rings. The number of amides is 1. The van der Waals surface area contributed by atoms with Crippen LogP contribution < -0.4 is 0 Å². The Hall–Kier alpha value is -2.04.